The first-order chi connectivity index (χ1) is 12.3. The fraction of sp³-hybridized carbons (Fsp3) is 0.727. The molecule has 0 N–H and O–H groups in total. The first kappa shape index (κ1) is 20.4. The summed E-state index contributed by atoms with van der Waals surface area (Å²) in [6.45, 7) is 9.07. The van der Waals surface area contributed by atoms with Crippen LogP contribution >= 0.6 is 0 Å². The molecule has 1 fully saturated rings. The summed E-state index contributed by atoms with van der Waals surface area (Å²) in [6.07, 6.45) is 9.48. The van der Waals surface area contributed by atoms with Gasteiger partial charge in [-0.05, 0) is 18.4 Å². The van der Waals surface area contributed by atoms with Crippen molar-refractivity contribution in [2.75, 3.05) is 26.3 Å². The number of morpholine rings is 1. The molecule has 0 saturated carbocycles. The van der Waals surface area contributed by atoms with Gasteiger partial charge in [0.1, 0.15) is 0 Å². The molecule has 1 aromatic carbocycles. The molecule has 2 rings (SSSR count). The van der Waals surface area contributed by atoms with E-state index >= 15 is 0 Å². The van der Waals surface area contributed by atoms with E-state index in [1.807, 2.05) is 0 Å². The fourth-order valence-electron chi connectivity index (χ4n) is 3.54. The summed E-state index contributed by atoms with van der Waals surface area (Å²) in [5.74, 6) is 0. The topological polar surface area (TPSA) is 21.7 Å². The molecule has 1 heterocycles. The van der Waals surface area contributed by atoms with Crippen LogP contribution < -0.4 is 0 Å². The smallest absolute Gasteiger partial charge is 0.0935 e. The standard InChI is InChI=1S/C22H37NO2/c1-3-5-6-10-14-21(11-4-2)25-19-22-18-23(15-16-24-22)17-20-12-8-7-9-13-20/h7-9,12-13,21-22H,3-6,10-11,14-19H2,1-2H3. The Kier molecular flexibility index (Phi) is 10.2. The lowest BCUT2D eigenvalue weighted by atomic mass is 10.1. The largest absolute Gasteiger partial charge is 0.375 e. The highest BCUT2D eigenvalue weighted by Crippen LogP contribution is 2.16. The molecule has 0 spiro atoms. The highest BCUT2D eigenvalue weighted by atomic mass is 16.5. The lowest BCUT2D eigenvalue weighted by Gasteiger charge is -2.33. The van der Waals surface area contributed by atoms with E-state index in [0.29, 0.717) is 6.10 Å². The molecule has 142 valence electrons. The van der Waals surface area contributed by atoms with Crippen molar-refractivity contribution >= 4 is 0 Å². The first-order valence-corrected chi connectivity index (χ1v) is 10.3. The molecule has 0 bridgehead atoms. The van der Waals surface area contributed by atoms with Gasteiger partial charge in [-0.1, -0.05) is 76.3 Å². The van der Waals surface area contributed by atoms with E-state index in [1.54, 1.807) is 0 Å². The van der Waals surface area contributed by atoms with Gasteiger partial charge in [-0.3, -0.25) is 4.90 Å². The predicted molar refractivity (Wildman–Crippen MR) is 105 cm³/mol. The summed E-state index contributed by atoms with van der Waals surface area (Å²) in [5, 5.41) is 0. The molecule has 0 amide bonds. The average molecular weight is 348 g/mol. The molecule has 3 heteroatoms. The van der Waals surface area contributed by atoms with E-state index in [9.17, 15) is 0 Å². The van der Waals surface area contributed by atoms with Crippen LogP contribution in [0.3, 0.4) is 0 Å². The molecule has 0 radical (unpaired) electrons. The molecular weight excluding hydrogens is 310 g/mol. The van der Waals surface area contributed by atoms with Crippen LogP contribution in [-0.2, 0) is 16.0 Å². The Morgan fingerprint density at radius 3 is 2.68 bits per heavy atom. The second-order valence-corrected chi connectivity index (χ2v) is 7.31. The SMILES string of the molecule is CCCCCCC(CCC)OCC1CN(Cc2ccccc2)CCO1. The second-order valence-electron chi connectivity index (χ2n) is 7.31. The minimum Gasteiger partial charge on any atom is -0.375 e. The molecule has 0 aliphatic carbocycles. The molecule has 0 aromatic heterocycles. The van der Waals surface area contributed by atoms with E-state index in [-0.39, 0.29) is 6.10 Å². The predicted octanol–water partition coefficient (Wildman–Crippen LogP) is 5.04. The molecule has 1 aliphatic rings. The Morgan fingerprint density at radius 1 is 1.08 bits per heavy atom. The van der Waals surface area contributed by atoms with E-state index in [1.165, 1.54) is 50.5 Å². The third-order valence-electron chi connectivity index (χ3n) is 4.98. The normalized spacial score (nSPS) is 19.8. The summed E-state index contributed by atoms with van der Waals surface area (Å²) in [7, 11) is 0. The van der Waals surface area contributed by atoms with E-state index in [2.05, 4.69) is 49.1 Å². The van der Waals surface area contributed by atoms with Crippen LogP contribution in [0.1, 0.15) is 64.4 Å². The van der Waals surface area contributed by atoms with Crippen LogP contribution in [0.5, 0.6) is 0 Å². The number of hydrogen-bond acceptors (Lipinski definition) is 3. The number of ether oxygens (including phenoxy) is 2. The minimum absolute atomic E-state index is 0.215. The van der Waals surface area contributed by atoms with Crippen molar-refractivity contribution < 1.29 is 9.47 Å². The van der Waals surface area contributed by atoms with Crippen molar-refractivity contribution in [3.8, 4) is 0 Å². The molecule has 2 atom stereocenters. The number of hydrogen-bond donors (Lipinski definition) is 0. The Labute approximate surface area is 154 Å². The van der Waals surface area contributed by atoms with Gasteiger partial charge in [-0.15, -0.1) is 0 Å². The Morgan fingerprint density at radius 2 is 1.92 bits per heavy atom. The lowest BCUT2D eigenvalue weighted by Crippen LogP contribution is -2.44. The maximum absolute atomic E-state index is 6.25. The summed E-state index contributed by atoms with van der Waals surface area (Å²) in [4.78, 5) is 2.49. The van der Waals surface area contributed by atoms with Gasteiger partial charge in [0.05, 0.1) is 25.4 Å². The molecule has 2 unspecified atom stereocenters. The zero-order valence-electron chi connectivity index (χ0n) is 16.3. The number of unbranched alkanes of at least 4 members (excludes halogenated alkanes) is 3. The van der Waals surface area contributed by atoms with Gasteiger partial charge in [0.2, 0.25) is 0 Å². The van der Waals surface area contributed by atoms with E-state index < -0.39 is 0 Å². The van der Waals surface area contributed by atoms with Gasteiger partial charge in [0, 0.05) is 19.6 Å². The molecule has 25 heavy (non-hydrogen) atoms. The van der Waals surface area contributed by atoms with Crippen molar-refractivity contribution in [1.29, 1.82) is 0 Å². The van der Waals surface area contributed by atoms with Crippen LogP contribution in [-0.4, -0.2) is 43.4 Å². The Balaban J connectivity index is 1.70. The minimum atomic E-state index is 0.215. The van der Waals surface area contributed by atoms with Crippen LogP contribution in [0, 0.1) is 0 Å². The van der Waals surface area contributed by atoms with Gasteiger partial charge in [-0.25, -0.2) is 0 Å². The van der Waals surface area contributed by atoms with Gasteiger partial charge >= 0.3 is 0 Å². The Hall–Kier alpha value is -0.900. The summed E-state index contributed by atoms with van der Waals surface area (Å²) >= 11 is 0. The highest BCUT2D eigenvalue weighted by molar-refractivity contribution is 5.14. The summed E-state index contributed by atoms with van der Waals surface area (Å²) in [6, 6.07) is 10.7. The average Bonchev–Trinajstić information content (AvgIpc) is 2.64. The fourth-order valence-corrected chi connectivity index (χ4v) is 3.54. The van der Waals surface area contributed by atoms with Crippen LogP contribution in [0.15, 0.2) is 30.3 Å². The number of benzene rings is 1. The van der Waals surface area contributed by atoms with Crippen molar-refractivity contribution in [3.63, 3.8) is 0 Å². The van der Waals surface area contributed by atoms with Crippen molar-refractivity contribution in [1.82, 2.24) is 4.90 Å². The van der Waals surface area contributed by atoms with E-state index in [4.69, 9.17) is 9.47 Å². The maximum Gasteiger partial charge on any atom is 0.0935 e. The first-order valence-electron chi connectivity index (χ1n) is 10.3. The van der Waals surface area contributed by atoms with Crippen LogP contribution in [0.4, 0.5) is 0 Å². The molecule has 1 saturated heterocycles. The number of nitrogens with zero attached hydrogens (tertiary/aromatic N) is 1. The highest BCUT2D eigenvalue weighted by Gasteiger charge is 2.22. The molecule has 3 nitrogen and oxygen atoms in total. The van der Waals surface area contributed by atoms with Gasteiger partial charge in [0.15, 0.2) is 0 Å². The molecule has 1 aliphatic heterocycles. The summed E-state index contributed by atoms with van der Waals surface area (Å²) < 4.78 is 12.2. The monoisotopic (exact) mass is 347 g/mol. The zero-order chi connectivity index (χ0) is 17.7. The van der Waals surface area contributed by atoms with Gasteiger partial charge < -0.3 is 9.47 Å². The van der Waals surface area contributed by atoms with E-state index in [0.717, 1.165) is 32.8 Å². The van der Waals surface area contributed by atoms with Crippen LogP contribution in [0.25, 0.3) is 0 Å². The summed E-state index contributed by atoms with van der Waals surface area (Å²) in [5.41, 5.74) is 1.38. The van der Waals surface area contributed by atoms with Gasteiger partial charge in [-0.2, -0.15) is 0 Å². The zero-order valence-corrected chi connectivity index (χ0v) is 16.3. The van der Waals surface area contributed by atoms with Crippen molar-refractivity contribution in [2.24, 2.45) is 0 Å². The van der Waals surface area contributed by atoms with Crippen molar-refractivity contribution in [3.05, 3.63) is 35.9 Å². The third kappa shape index (κ3) is 8.35. The molecule has 1 aromatic rings. The Bertz CT molecular complexity index is 437. The lowest BCUT2D eigenvalue weighted by molar-refractivity contribution is -0.0892. The number of rotatable bonds is 12. The maximum atomic E-state index is 6.25. The quantitative estimate of drug-likeness (QED) is 0.494. The second kappa shape index (κ2) is 12.5. The van der Waals surface area contributed by atoms with Crippen LogP contribution in [0.2, 0.25) is 0 Å². The third-order valence-corrected chi connectivity index (χ3v) is 4.98. The van der Waals surface area contributed by atoms with Crippen molar-refractivity contribution in [2.45, 2.75) is 77.5 Å². The van der Waals surface area contributed by atoms with Gasteiger partial charge in [0.25, 0.3) is 0 Å². The molecular formula is C22H37NO2.